The Morgan fingerprint density at radius 1 is 1.24 bits per heavy atom. The number of aromatic nitrogens is 2. The molecular weight excluding hydrogens is 364 g/mol. The van der Waals surface area contributed by atoms with Gasteiger partial charge in [-0.05, 0) is 43.9 Å². The quantitative estimate of drug-likeness (QED) is 0.845. The monoisotopic (exact) mass is 386 g/mol. The van der Waals surface area contributed by atoms with E-state index in [2.05, 4.69) is 10.1 Å². The highest BCUT2D eigenvalue weighted by Gasteiger charge is 2.39. The van der Waals surface area contributed by atoms with Crippen molar-refractivity contribution in [2.75, 3.05) is 14.1 Å². The second kappa shape index (κ2) is 7.03. The predicted molar refractivity (Wildman–Crippen MR) is 96.1 cm³/mol. The van der Waals surface area contributed by atoms with Crippen molar-refractivity contribution >= 4 is 22.4 Å². The van der Waals surface area contributed by atoms with Gasteiger partial charge in [0.05, 0.1) is 16.4 Å². The van der Waals surface area contributed by atoms with Crippen molar-refractivity contribution < 1.29 is 12.9 Å². The van der Waals surface area contributed by atoms with Crippen molar-refractivity contribution in [1.82, 2.24) is 14.4 Å². The number of halogens is 1. The van der Waals surface area contributed by atoms with Gasteiger partial charge in [-0.15, -0.1) is 12.4 Å². The van der Waals surface area contributed by atoms with E-state index in [4.69, 9.17) is 10.3 Å². The third kappa shape index (κ3) is 3.57. The summed E-state index contributed by atoms with van der Waals surface area (Å²) in [6, 6.07) is 6.72. The number of nitrogens with zero attached hydrogens (tertiary/aromatic N) is 3. The lowest BCUT2D eigenvalue weighted by molar-refractivity contribution is 0.228. The third-order valence-corrected chi connectivity index (χ3v) is 6.49. The van der Waals surface area contributed by atoms with E-state index in [1.807, 2.05) is 6.92 Å². The Morgan fingerprint density at radius 3 is 2.32 bits per heavy atom. The maximum absolute atomic E-state index is 12.1. The molecule has 1 aliphatic rings. The van der Waals surface area contributed by atoms with E-state index in [1.54, 1.807) is 24.3 Å². The molecule has 1 aromatic heterocycles. The Labute approximate surface area is 154 Å². The van der Waals surface area contributed by atoms with Crippen LogP contribution in [0.5, 0.6) is 0 Å². The maximum Gasteiger partial charge on any atom is 0.242 e. The van der Waals surface area contributed by atoms with Gasteiger partial charge in [0.15, 0.2) is 5.82 Å². The summed E-state index contributed by atoms with van der Waals surface area (Å²) in [7, 11) is -0.412. The molecule has 0 amide bonds. The van der Waals surface area contributed by atoms with Gasteiger partial charge in [-0.2, -0.15) is 4.98 Å². The fourth-order valence-electron chi connectivity index (χ4n) is 2.68. The second-order valence-electron chi connectivity index (χ2n) is 6.54. The van der Waals surface area contributed by atoms with Gasteiger partial charge >= 0.3 is 0 Å². The fourth-order valence-corrected chi connectivity index (χ4v) is 3.58. The average molecular weight is 387 g/mol. The van der Waals surface area contributed by atoms with E-state index in [9.17, 15) is 8.42 Å². The highest BCUT2D eigenvalue weighted by atomic mass is 35.5. The highest BCUT2D eigenvalue weighted by Crippen LogP contribution is 2.37. The minimum Gasteiger partial charge on any atom is -0.339 e. The topological polar surface area (TPSA) is 102 Å². The van der Waals surface area contributed by atoms with Gasteiger partial charge in [-0.1, -0.05) is 17.3 Å². The van der Waals surface area contributed by atoms with Gasteiger partial charge in [0.25, 0.3) is 0 Å². The van der Waals surface area contributed by atoms with E-state index < -0.39 is 15.6 Å². The molecule has 0 radical (unpaired) electrons. The van der Waals surface area contributed by atoms with Gasteiger partial charge in [0, 0.05) is 14.1 Å². The van der Waals surface area contributed by atoms with E-state index in [0.717, 1.165) is 24.8 Å². The van der Waals surface area contributed by atoms with Gasteiger partial charge in [-0.25, -0.2) is 12.7 Å². The molecule has 1 aromatic carbocycles. The molecule has 1 heterocycles. The zero-order chi connectivity index (χ0) is 17.5. The maximum atomic E-state index is 12.1. The average Bonchev–Trinajstić information content (AvgIpc) is 3.02. The van der Waals surface area contributed by atoms with Gasteiger partial charge < -0.3 is 10.3 Å². The lowest BCUT2D eigenvalue weighted by Gasteiger charge is -2.34. The molecule has 1 fully saturated rings. The van der Waals surface area contributed by atoms with E-state index in [-0.39, 0.29) is 23.2 Å². The van der Waals surface area contributed by atoms with Crippen LogP contribution in [0.2, 0.25) is 0 Å². The SMILES string of the molecule is CC(c1ccc(S(=O)(=O)N(C)C)cc1)c1nc(C2(N)CCC2)no1.Cl. The molecule has 2 aromatic rings. The number of sulfonamides is 1. The summed E-state index contributed by atoms with van der Waals surface area (Å²) in [5.41, 5.74) is 6.67. The first kappa shape index (κ1) is 19.8. The summed E-state index contributed by atoms with van der Waals surface area (Å²) >= 11 is 0. The number of hydrogen-bond acceptors (Lipinski definition) is 6. The van der Waals surface area contributed by atoms with Crippen LogP contribution in [0.25, 0.3) is 0 Å². The summed E-state index contributed by atoms with van der Waals surface area (Å²) in [5.74, 6) is 0.915. The lowest BCUT2D eigenvalue weighted by atomic mass is 9.77. The normalized spacial score (nSPS) is 17.6. The molecule has 1 atom stereocenters. The minimum atomic E-state index is -3.43. The van der Waals surface area contributed by atoms with E-state index in [0.29, 0.717) is 11.7 Å². The lowest BCUT2D eigenvalue weighted by Crippen LogP contribution is -2.44. The highest BCUT2D eigenvalue weighted by molar-refractivity contribution is 7.89. The van der Waals surface area contributed by atoms with Gasteiger partial charge in [0.1, 0.15) is 0 Å². The zero-order valence-electron chi connectivity index (χ0n) is 14.5. The molecule has 138 valence electrons. The molecule has 0 aliphatic heterocycles. The molecular formula is C16H23ClN4O3S. The Kier molecular flexibility index (Phi) is 5.58. The van der Waals surface area contributed by atoms with Crippen LogP contribution in [0.1, 0.15) is 49.4 Å². The Balaban J connectivity index is 0.00000225. The van der Waals surface area contributed by atoms with Crippen molar-refractivity contribution in [2.45, 2.75) is 42.5 Å². The number of nitrogens with two attached hydrogens (primary N) is 1. The molecule has 2 N–H and O–H groups in total. The Hall–Kier alpha value is -1.48. The van der Waals surface area contributed by atoms with Crippen LogP contribution < -0.4 is 5.73 Å². The van der Waals surface area contributed by atoms with E-state index >= 15 is 0 Å². The van der Waals surface area contributed by atoms with Crippen LogP contribution in [-0.4, -0.2) is 37.0 Å². The molecule has 9 heteroatoms. The zero-order valence-corrected chi connectivity index (χ0v) is 16.1. The van der Waals surface area contributed by atoms with Crippen molar-refractivity contribution in [2.24, 2.45) is 5.73 Å². The smallest absolute Gasteiger partial charge is 0.242 e. The van der Waals surface area contributed by atoms with Crippen molar-refractivity contribution in [3.63, 3.8) is 0 Å². The predicted octanol–water partition coefficient (Wildman–Crippen LogP) is 2.23. The van der Waals surface area contributed by atoms with Gasteiger partial charge in [-0.3, -0.25) is 0 Å². The largest absolute Gasteiger partial charge is 0.339 e. The van der Waals surface area contributed by atoms with Crippen LogP contribution in [0.15, 0.2) is 33.7 Å². The van der Waals surface area contributed by atoms with Crippen molar-refractivity contribution in [3.8, 4) is 0 Å². The standard InChI is InChI=1S/C16H22N4O3S.ClH/c1-11(14-18-15(19-23-14)16(17)9-4-10-16)12-5-7-13(8-6-12)24(21,22)20(2)3;/h5-8,11H,4,9-10,17H2,1-3H3;1H. The van der Waals surface area contributed by atoms with Crippen LogP contribution >= 0.6 is 12.4 Å². The molecule has 25 heavy (non-hydrogen) atoms. The molecule has 1 aliphatic carbocycles. The van der Waals surface area contributed by atoms with Crippen molar-refractivity contribution in [3.05, 3.63) is 41.5 Å². The molecule has 1 saturated carbocycles. The van der Waals surface area contributed by atoms with Crippen LogP contribution in [0.3, 0.4) is 0 Å². The molecule has 0 saturated heterocycles. The summed E-state index contributed by atoms with van der Waals surface area (Å²) in [5, 5.41) is 4.02. The van der Waals surface area contributed by atoms with Crippen LogP contribution in [-0.2, 0) is 15.6 Å². The first-order valence-electron chi connectivity index (χ1n) is 7.89. The first-order chi connectivity index (χ1) is 11.2. The summed E-state index contributed by atoms with van der Waals surface area (Å²) in [4.78, 5) is 4.71. The fraction of sp³-hybridized carbons (Fsp3) is 0.500. The summed E-state index contributed by atoms with van der Waals surface area (Å²) < 4.78 is 30.8. The van der Waals surface area contributed by atoms with Crippen molar-refractivity contribution in [1.29, 1.82) is 0 Å². The summed E-state index contributed by atoms with van der Waals surface area (Å²) in [6.45, 7) is 1.94. The molecule has 0 bridgehead atoms. The van der Waals surface area contributed by atoms with E-state index in [1.165, 1.54) is 18.4 Å². The second-order valence-corrected chi connectivity index (χ2v) is 8.70. The minimum absolute atomic E-state index is 0. The molecule has 0 spiro atoms. The van der Waals surface area contributed by atoms with Crippen LogP contribution in [0, 0.1) is 0 Å². The molecule has 1 unspecified atom stereocenters. The Morgan fingerprint density at radius 2 is 1.84 bits per heavy atom. The number of hydrogen-bond donors (Lipinski definition) is 1. The number of rotatable bonds is 5. The third-order valence-electron chi connectivity index (χ3n) is 4.66. The number of benzene rings is 1. The summed E-state index contributed by atoms with van der Waals surface area (Å²) in [6.07, 6.45) is 2.83. The molecule has 3 rings (SSSR count). The Bertz CT molecular complexity index is 829. The van der Waals surface area contributed by atoms with Crippen LogP contribution in [0.4, 0.5) is 0 Å². The molecule has 7 nitrogen and oxygen atoms in total. The first-order valence-corrected chi connectivity index (χ1v) is 9.33. The van der Waals surface area contributed by atoms with Gasteiger partial charge in [0.2, 0.25) is 15.9 Å².